The molecule has 1 fully saturated rings. The van der Waals surface area contributed by atoms with E-state index in [1.165, 1.54) is 24.4 Å². The van der Waals surface area contributed by atoms with E-state index in [1.54, 1.807) is 24.3 Å². The van der Waals surface area contributed by atoms with Crippen LogP contribution in [0.5, 0.6) is 0 Å². The maximum absolute atomic E-state index is 14.2. The van der Waals surface area contributed by atoms with Gasteiger partial charge in [-0.2, -0.15) is 0 Å². The third-order valence-electron chi connectivity index (χ3n) is 5.29. The van der Waals surface area contributed by atoms with Gasteiger partial charge in [0.05, 0.1) is 11.4 Å². The molecule has 1 saturated carbocycles. The molecule has 2 aromatic heterocycles. The van der Waals surface area contributed by atoms with Gasteiger partial charge in [-0.3, -0.25) is 9.78 Å². The first-order valence-corrected chi connectivity index (χ1v) is 9.40. The minimum atomic E-state index is -0.982. The third-order valence-corrected chi connectivity index (χ3v) is 5.29. The number of carbonyl (C=O) groups excluding carboxylic acids is 1. The number of aromatic nitrogens is 3. The number of hydrogen-bond donors (Lipinski definition) is 3. The molecule has 0 unspecified atom stereocenters. The van der Waals surface area contributed by atoms with Gasteiger partial charge >= 0.3 is 0 Å². The summed E-state index contributed by atoms with van der Waals surface area (Å²) in [6.45, 7) is 0.277. The first kappa shape index (κ1) is 19.7. The second kappa shape index (κ2) is 7.66. The molecule has 0 saturated heterocycles. The number of benzene rings is 1. The van der Waals surface area contributed by atoms with E-state index in [9.17, 15) is 13.6 Å². The summed E-state index contributed by atoms with van der Waals surface area (Å²) in [5, 5.41) is 11.4. The van der Waals surface area contributed by atoms with Crippen LogP contribution in [0.4, 0.5) is 20.3 Å². The van der Waals surface area contributed by atoms with E-state index in [-0.39, 0.29) is 30.6 Å². The highest BCUT2D eigenvalue weighted by Crippen LogP contribution is 2.45. The molecule has 5 N–H and O–H groups in total. The number of nitrogens with zero attached hydrogens (tertiary/aromatic N) is 3. The fraction of sp³-hybridized carbons (Fsp3) is 0.238. The molecular formula is C21H20F2N6O. The number of carbonyl (C=O) groups is 1. The quantitative estimate of drug-likeness (QED) is 0.538. The van der Waals surface area contributed by atoms with Gasteiger partial charge in [0, 0.05) is 35.0 Å². The highest BCUT2D eigenvalue weighted by molar-refractivity contribution is 5.95. The van der Waals surface area contributed by atoms with Gasteiger partial charge in [0.15, 0.2) is 0 Å². The molecule has 1 aromatic carbocycles. The summed E-state index contributed by atoms with van der Waals surface area (Å²) in [5.41, 5.74) is 12.5. The van der Waals surface area contributed by atoms with E-state index in [0.29, 0.717) is 22.8 Å². The molecule has 1 aliphatic rings. The minimum absolute atomic E-state index is 0.193. The van der Waals surface area contributed by atoms with Crippen LogP contribution in [0, 0.1) is 5.82 Å². The number of nitrogens with two attached hydrogens (primary N) is 2. The predicted octanol–water partition coefficient (Wildman–Crippen LogP) is 2.84. The van der Waals surface area contributed by atoms with E-state index < -0.39 is 23.3 Å². The van der Waals surface area contributed by atoms with Crippen molar-refractivity contribution in [1.29, 1.82) is 0 Å². The van der Waals surface area contributed by atoms with Crippen molar-refractivity contribution in [3.63, 3.8) is 0 Å². The maximum atomic E-state index is 14.2. The molecule has 1 amide bonds. The second-order valence-electron chi connectivity index (χ2n) is 7.49. The first-order chi connectivity index (χ1) is 14.4. The zero-order chi connectivity index (χ0) is 21.3. The average molecular weight is 410 g/mol. The number of rotatable bonds is 6. The molecule has 30 heavy (non-hydrogen) atoms. The number of halogens is 2. The van der Waals surface area contributed by atoms with Gasteiger partial charge in [0.2, 0.25) is 5.91 Å². The Morgan fingerprint density at radius 3 is 2.63 bits per heavy atom. The van der Waals surface area contributed by atoms with Crippen molar-refractivity contribution in [2.75, 3.05) is 17.6 Å². The monoisotopic (exact) mass is 410 g/mol. The van der Waals surface area contributed by atoms with Crippen LogP contribution in [-0.2, 0) is 5.41 Å². The van der Waals surface area contributed by atoms with Crippen molar-refractivity contribution in [2.45, 2.75) is 24.4 Å². The zero-order valence-electron chi connectivity index (χ0n) is 16.0. The molecule has 3 aromatic rings. The summed E-state index contributed by atoms with van der Waals surface area (Å²) in [7, 11) is 0. The summed E-state index contributed by atoms with van der Waals surface area (Å²) in [5.74, 6) is -0.580. The lowest BCUT2D eigenvalue weighted by Gasteiger charge is -2.44. The molecule has 0 atom stereocenters. The Balaban J connectivity index is 1.51. The van der Waals surface area contributed by atoms with Gasteiger partial charge < -0.3 is 16.8 Å². The lowest BCUT2D eigenvalue weighted by molar-refractivity contribution is 0.0963. The van der Waals surface area contributed by atoms with Gasteiger partial charge in [0.1, 0.15) is 17.8 Å². The number of amides is 1. The van der Waals surface area contributed by atoms with Crippen LogP contribution < -0.4 is 16.8 Å². The van der Waals surface area contributed by atoms with Crippen molar-refractivity contribution in [3.8, 4) is 11.3 Å². The predicted molar refractivity (Wildman–Crippen MR) is 109 cm³/mol. The fourth-order valence-electron chi connectivity index (χ4n) is 3.77. The summed E-state index contributed by atoms with van der Waals surface area (Å²) < 4.78 is 27.9. The van der Waals surface area contributed by atoms with E-state index in [0.717, 1.165) is 0 Å². The molecule has 154 valence electrons. The summed E-state index contributed by atoms with van der Waals surface area (Å²) in [4.78, 5) is 15.6. The van der Waals surface area contributed by atoms with Crippen LogP contribution in [-0.4, -0.2) is 33.8 Å². The average Bonchev–Trinajstić information content (AvgIpc) is 2.70. The lowest BCUT2D eigenvalue weighted by Crippen LogP contribution is -2.49. The molecule has 0 spiro atoms. The largest absolute Gasteiger partial charge is 0.399 e. The van der Waals surface area contributed by atoms with Gasteiger partial charge in [-0.15, -0.1) is 10.2 Å². The highest BCUT2D eigenvalue weighted by Gasteiger charge is 2.48. The Morgan fingerprint density at radius 2 is 2.00 bits per heavy atom. The molecule has 0 bridgehead atoms. The van der Waals surface area contributed by atoms with Crippen molar-refractivity contribution in [1.82, 2.24) is 15.2 Å². The highest BCUT2D eigenvalue weighted by atomic mass is 19.1. The smallest absolute Gasteiger partial charge is 0.248 e. The molecule has 0 radical (unpaired) electrons. The molecule has 7 nitrogen and oxygen atoms in total. The normalized spacial score (nSPS) is 20.4. The number of primary amides is 1. The van der Waals surface area contributed by atoms with E-state index in [2.05, 4.69) is 20.5 Å². The third kappa shape index (κ3) is 3.78. The number of hydrogen-bond acceptors (Lipinski definition) is 6. The van der Waals surface area contributed by atoms with Gasteiger partial charge in [0.25, 0.3) is 0 Å². The molecular weight excluding hydrogens is 390 g/mol. The Morgan fingerprint density at radius 1 is 1.20 bits per heavy atom. The van der Waals surface area contributed by atoms with E-state index in [1.807, 2.05) is 0 Å². The van der Waals surface area contributed by atoms with Gasteiger partial charge in [-0.1, -0.05) is 0 Å². The van der Waals surface area contributed by atoms with E-state index in [4.69, 9.17) is 11.5 Å². The van der Waals surface area contributed by atoms with Crippen LogP contribution in [0.2, 0.25) is 0 Å². The maximum Gasteiger partial charge on any atom is 0.248 e. The number of nitrogen functional groups attached to an aromatic ring is 1. The van der Waals surface area contributed by atoms with Crippen LogP contribution in [0.1, 0.15) is 28.9 Å². The van der Waals surface area contributed by atoms with Crippen molar-refractivity contribution in [3.05, 3.63) is 65.7 Å². The number of anilines is 2. The molecule has 4 rings (SSSR count). The lowest BCUT2D eigenvalue weighted by atomic mass is 9.65. The Bertz CT molecular complexity index is 1080. The van der Waals surface area contributed by atoms with Gasteiger partial charge in [-0.05, 0) is 55.3 Å². The van der Waals surface area contributed by atoms with Crippen molar-refractivity contribution in [2.24, 2.45) is 5.73 Å². The SMILES string of the molecule is NC(=O)c1cc(N)cc(-c2ccc(NC[C@]3(c4ncccc4F)C[C@H](F)C3)nn2)c1. The topological polar surface area (TPSA) is 120 Å². The Kier molecular flexibility index (Phi) is 5.03. The Hall–Kier alpha value is -3.62. The summed E-state index contributed by atoms with van der Waals surface area (Å²) in [6, 6.07) is 11.0. The standard InChI is InChI=1S/C21H20F2N6O/c22-14-9-21(10-14,19-16(23)2-1-5-26-19)11-27-18-4-3-17(28-29-18)12-6-13(20(25)30)8-15(24)7-12/h1-8,14H,9-11,24H2,(H2,25,30)(H,27,29)/t14-,21-. The van der Waals surface area contributed by atoms with Crippen LogP contribution >= 0.6 is 0 Å². The minimum Gasteiger partial charge on any atom is -0.399 e. The van der Waals surface area contributed by atoms with Crippen LogP contribution in [0.25, 0.3) is 11.3 Å². The van der Waals surface area contributed by atoms with Crippen molar-refractivity contribution < 1.29 is 13.6 Å². The van der Waals surface area contributed by atoms with Crippen LogP contribution in [0.15, 0.2) is 48.7 Å². The second-order valence-corrected chi connectivity index (χ2v) is 7.49. The number of pyridine rings is 1. The molecule has 0 aliphatic heterocycles. The first-order valence-electron chi connectivity index (χ1n) is 9.40. The van der Waals surface area contributed by atoms with Crippen molar-refractivity contribution >= 4 is 17.4 Å². The van der Waals surface area contributed by atoms with Gasteiger partial charge in [-0.25, -0.2) is 8.78 Å². The fourth-order valence-corrected chi connectivity index (χ4v) is 3.77. The Labute approximate surface area is 171 Å². The number of nitrogens with one attached hydrogen (secondary N) is 1. The molecule has 1 aliphatic carbocycles. The zero-order valence-corrected chi connectivity index (χ0v) is 16.0. The number of alkyl halides is 1. The summed E-state index contributed by atoms with van der Waals surface area (Å²) >= 11 is 0. The summed E-state index contributed by atoms with van der Waals surface area (Å²) in [6.07, 6.45) is 0.911. The molecule has 9 heteroatoms. The van der Waals surface area contributed by atoms with Crippen LogP contribution in [0.3, 0.4) is 0 Å². The molecule has 2 heterocycles. The van der Waals surface area contributed by atoms with E-state index >= 15 is 0 Å².